The van der Waals surface area contributed by atoms with Crippen LogP contribution < -0.4 is 0 Å². The third-order valence-corrected chi connectivity index (χ3v) is 4.06. The first-order valence-electron chi connectivity index (χ1n) is 8.73. The fourth-order valence-electron chi connectivity index (χ4n) is 2.70. The molecule has 0 atom stereocenters. The maximum atomic E-state index is 14.5. The van der Waals surface area contributed by atoms with Crippen LogP contribution in [0.3, 0.4) is 0 Å². The number of hydrogen-bond acceptors (Lipinski definition) is 4. The second-order valence-corrected chi connectivity index (χ2v) is 5.84. The summed E-state index contributed by atoms with van der Waals surface area (Å²) in [6, 6.07) is 8.00. The molecule has 29 heavy (non-hydrogen) atoms. The van der Waals surface area contributed by atoms with E-state index in [-0.39, 0.29) is 28.3 Å². The number of rotatable bonds is 7. The van der Waals surface area contributed by atoms with Crippen LogP contribution in [0.1, 0.15) is 18.2 Å². The Labute approximate surface area is 168 Å². The molecule has 0 fully saturated rings. The van der Waals surface area contributed by atoms with Gasteiger partial charge in [-0.3, -0.25) is 15.8 Å². The molecule has 0 radical (unpaired) electrons. The molecule has 6 heteroatoms. The molecule has 1 aromatic carbocycles. The fraction of sp³-hybridized carbons (Fsp3) is 0.0870. The minimum absolute atomic E-state index is 0.181. The van der Waals surface area contributed by atoms with Crippen LogP contribution >= 0.6 is 0 Å². The van der Waals surface area contributed by atoms with E-state index in [2.05, 4.69) is 11.6 Å². The lowest BCUT2D eigenvalue weighted by atomic mass is 9.89. The Hall–Kier alpha value is -3.67. The first kappa shape index (κ1) is 21.6. The SMILES string of the molecule is C=C\C=C/C(=C\C)C(/C(=N)c1cc(F)ccc1F)=C(/C(=N)OC)c1ccccn1. The van der Waals surface area contributed by atoms with Crippen molar-refractivity contribution in [1.29, 1.82) is 10.8 Å². The first-order chi connectivity index (χ1) is 13.9. The zero-order chi connectivity index (χ0) is 21.4. The molecule has 148 valence electrons. The van der Waals surface area contributed by atoms with Crippen molar-refractivity contribution in [2.45, 2.75) is 6.92 Å². The Kier molecular flexibility index (Phi) is 7.48. The molecule has 1 heterocycles. The van der Waals surface area contributed by atoms with Crippen molar-refractivity contribution in [3.8, 4) is 0 Å². The molecule has 4 nitrogen and oxygen atoms in total. The van der Waals surface area contributed by atoms with E-state index in [1.807, 2.05) is 0 Å². The summed E-state index contributed by atoms with van der Waals surface area (Å²) in [5.41, 5.74) is 0.697. The van der Waals surface area contributed by atoms with E-state index in [1.165, 1.54) is 13.3 Å². The Morgan fingerprint density at radius 1 is 1.17 bits per heavy atom. The minimum atomic E-state index is -0.749. The smallest absolute Gasteiger partial charge is 0.215 e. The van der Waals surface area contributed by atoms with Gasteiger partial charge in [0.15, 0.2) is 0 Å². The van der Waals surface area contributed by atoms with E-state index in [4.69, 9.17) is 15.6 Å². The highest BCUT2D eigenvalue weighted by atomic mass is 19.1. The van der Waals surface area contributed by atoms with Gasteiger partial charge in [0, 0.05) is 17.3 Å². The molecular formula is C23H21F2N3O. The number of halogens is 2. The number of ether oxygens (including phenoxy) is 1. The molecule has 2 aromatic rings. The van der Waals surface area contributed by atoms with Gasteiger partial charge in [0.1, 0.15) is 11.6 Å². The lowest BCUT2D eigenvalue weighted by Crippen LogP contribution is -2.16. The van der Waals surface area contributed by atoms with Gasteiger partial charge in [-0.05, 0) is 42.8 Å². The van der Waals surface area contributed by atoms with Crippen molar-refractivity contribution in [3.63, 3.8) is 0 Å². The molecule has 2 rings (SSSR count). The number of hydrogen-bond donors (Lipinski definition) is 2. The molecule has 0 saturated heterocycles. The van der Waals surface area contributed by atoms with Crippen molar-refractivity contribution >= 4 is 17.2 Å². The number of aromatic nitrogens is 1. The molecule has 0 unspecified atom stereocenters. The summed E-state index contributed by atoms with van der Waals surface area (Å²) in [7, 11) is 1.32. The third-order valence-electron chi connectivity index (χ3n) is 4.06. The Bertz CT molecular complexity index is 1020. The molecule has 0 aliphatic carbocycles. The van der Waals surface area contributed by atoms with Crippen LogP contribution in [-0.4, -0.2) is 23.7 Å². The van der Waals surface area contributed by atoms with Gasteiger partial charge in [-0.2, -0.15) is 0 Å². The maximum Gasteiger partial charge on any atom is 0.215 e. The quantitative estimate of drug-likeness (QED) is 0.371. The van der Waals surface area contributed by atoms with E-state index in [9.17, 15) is 8.78 Å². The zero-order valence-electron chi connectivity index (χ0n) is 16.2. The summed E-state index contributed by atoms with van der Waals surface area (Å²) in [4.78, 5) is 4.27. The summed E-state index contributed by atoms with van der Waals surface area (Å²) >= 11 is 0. The Morgan fingerprint density at radius 3 is 2.52 bits per heavy atom. The van der Waals surface area contributed by atoms with Crippen LogP contribution in [0.15, 0.2) is 84.6 Å². The van der Waals surface area contributed by atoms with Gasteiger partial charge in [0.05, 0.1) is 24.1 Å². The van der Waals surface area contributed by atoms with Gasteiger partial charge in [-0.25, -0.2) is 8.78 Å². The number of benzene rings is 1. The molecular weight excluding hydrogens is 372 g/mol. The van der Waals surface area contributed by atoms with Crippen LogP contribution in [0.2, 0.25) is 0 Å². The molecule has 1 aromatic heterocycles. The Morgan fingerprint density at radius 2 is 1.93 bits per heavy atom. The van der Waals surface area contributed by atoms with Gasteiger partial charge in [0.25, 0.3) is 0 Å². The lowest BCUT2D eigenvalue weighted by molar-refractivity contribution is 0.405. The number of pyridine rings is 1. The normalized spacial score (nSPS) is 12.5. The van der Waals surface area contributed by atoms with Crippen LogP contribution in [0.5, 0.6) is 0 Å². The summed E-state index contributed by atoms with van der Waals surface area (Å²) < 4.78 is 33.4. The fourth-order valence-corrected chi connectivity index (χ4v) is 2.70. The summed E-state index contributed by atoms with van der Waals surface area (Å²) in [5.74, 6) is -1.68. The van der Waals surface area contributed by atoms with Crippen LogP contribution in [-0.2, 0) is 4.74 Å². The molecule has 0 bridgehead atoms. The molecule has 0 amide bonds. The average Bonchev–Trinajstić information content (AvgIpc) is 2.74. The van der Waals surface area contributed by atoms with Crippen LogP contribution in [0, 0.1) is 22.5 Å². The minimum Gasteiger partial charge on any atom is -0.481 e. The largest absolute Gasteiger partial charge is 0.481 e. The van der Waals surface area contributed by atoms with E-state index < -0.39 is 11.6 Å². The highest BCUT2D eigenvalue weighted by molar-refractivity contribution is 6.30. The predicted octanol–water partition coefficient (Wildman–Crippen LogP) is 5.49. The van der Waals surface area contributed by atoms with E-state index in [1.54, 1.807) is 49.4 Å². The van der Waals surface area contributed by atoms with Crippen molar-refractivity contribution in [3.05, 3.63) is 108 Å². The van der Waals surface area contributed by atoms with Gasteiger partial charge >= 0.3 is 0 Å². The molecule has 0 saturated carbocycles. The number of methoxy groups -OCH3 is 1. The molecule has 0 aliphatic heterocycles. The summed E-state index contributed by atoms with van der Waals surface area (Å²) in [6.45, 7) is 5.38. The Balaban J connectivity index is 2.91. The molecule has 0 spiro atoms. The highest BCUT2D eigenvalue weighted by Gasteiger charge is 2.24. The van der Waals surface area contributed by atoms with Gasteiger partial charge in [-0.15, -0.1) is 0 Å². The van der Waals surface area contributed by atoms with Crippen LogP contribution in [0.4, 0.5) is 8.78 Å². The average molecular weight is 393 g/mol. The van der Waals surface area contributed by atoms with Gasteiger partial charge in [-0.1, -0.05) is 36.9 Å². The van der Waals surface area contributed by atoms with Crippen molar-refractivity contribution < 1.29 is 13.5 Å². The standard InChI is InChI=1S/C23H21F2N3O/c1-4-6-9-15(5-2)20(22(26)17-14-16(24)11-12-18(17)25)21(23(27)29-3)19-10-7-8-13-28-19/h4-14,26-27H,1H2,2-3H3/b9-6-,15-5+,21-20-,26-22?,27-23?. The molecule has 2 N–H and O–H groups in total. The third kappa shape index (κ3) is 4.99. The van der Waals surface area contributed by atoms with E-state index >= 15 is 0 Å². The van der Waals surface area contributed by atoms with Crippen molar-refractivity contribution in [2.24, 2.45) is 0 Å². The summed E-state index contributed by atoms with van der Waals surface area (Å²) in [6.07, 6.45) is 8.11. The monoisotopic (exact) mass is 393 g/mol. The van der Waals surface area contributed by atoms with Crippen molar-refractivity contribution in [2.75, 3.05) is 7.11 Å². The summed E-state index contributed by atoms with van der Waals surface area (Å²) in [5, 5.41) is 17.0. The number of nitrogens with zero attached hydrogens (tertiary/aromatic N) is 1. The zero-order valence-corrected chi connectivity index (χ0v) is 16.2. The van der Waals surface area contributed by atoms with E-state index in [0.29, 0.717) is 11.3 Å². The second-order valence-electron chi connectivity index (χ2n) is 5.84. The second kappa shape index (κ2) is 10.0. The van der Waals surface area contributed by atoms with Gasteiger partial charge in [0.2, 0.25) is 5.90 Å². The van der Waals surface area contributed by atoms with Gasteiger partial charge < -0.3 is 4.74 Å². The van der Waals surface area contributed by atoms with Crippen LogP contribution in [0.25, 0.3) is 5.57 Å². The topological polar surface area (TPSA) is 69.8 Å². The molecule has 0 aliphatic rings. The van der Waals surface area contributed by atoms with Crippen molar-refractivity contribution in [1.82, 2.24) is 4.98 Å². The first-order valence-corrected chi connectivity index (χ1v) is 8.73. The maximum absolute atomic E-state index is 14.5. The lowest BCUT2D eigenvalue weighted by Gasteiger charge is -2.18. The number of nitrogens with one attached hydrogen (secondary N) is 2. The number of allylic oxidation sites excluding steroid dienone is 6. The predicted molar refractivity (Wildman–Crippen MR) is 112 cm³/mol. The van der Waals surface area contributed by atoms with E-state index in [0.717, 1.165) is 18.2 Å². The highest BCUT2D eigenvalue weighted by Crippen LogP contribution is 2.29.